The van der Waals surface area contributed by atoms with Crippen LogP contribution in [0.5, 0.6) is 5.75 Å². The van der Waals surface area contributed by atoms with Crippen molar-refractivity contribution in [2.45, 2.75) is 30.4 Å². The Balaban J connectivity index is 1.54. The molecule has 0 aliphatic rings. The van der Waals surface area contributed by atoms with Gasteiger partial charge in [0.1, 0.15) is 11.6 Å². The summed E-state index contributed by atoms with van der Waals surface area (Å²) >= 11 is 0. The van der Waals surface area contributed by atoms with Gasteiger partial charge in [0.25, 0.3) is 5.91 Å². The van der Waals surface area contributed by atoms with Crippen LogP contribution in [0.3, 0.4) is 0 Å². The van der Waals surface area contributed by atoms with E-state index in [1.165, 1.54) is 36.4 Å². The van der Waals surface area contributed by atoms with E-state index >= 15 is 0 Å². The van der Waals surface area contributed by atoms with E-state index in [9.17, 15) is 17.6 Å². The van der Waals surface area contributed by atoms with Gasteiger partial charge in [-0.1, -0.05) is 17.2 Å². The van der Waals surface area contributed by atoms with E-state index in [2.05, 4.69) is 15.5 Å². The Hall–Kier alpha value is -3.27. The van der Waals surface area contributed by atoms with Crippen LogP contribution < -0.4 is 10.1 Å². The molecule has 0 aliphatic carbocycles. The zero-order chi connectivity index (χ0) is 21.7. The Bertz CT molecular complexity index is 1110. The van der Waals surface area contributed by atoms with Crippen LogP contribution in [0.25, 0.3) is 0 Å². The van der Waals surface area contributed by atoms with Gasteiger partial charge in [0.2, 0.25) is 5.89 Å². The molecule has 0 aliphatic heterocycles. The standard InChI is InChI=1S/C20H20FN3O5S/c1-13(2)30(26,27)17-9-3-14(4-10-17)11-19-23-24-20(29-19)22-18(25)12-28-16-7-5-15(21)6-8-16/h3-10,13H,11-12H2,1-2H3,(H,22,24,25). The normalized spacial score (nSPS) is 11.5. The quantitative estimate of drug-likeness (QED) is 0.581. The van der Waals surface area contributed by atoms with E-state index in [0.29, 0.717) is 5.75 Å². The Morgan fingerprint density at radius 2 is 1.77 bits per heavy atom. The van der Waals surface area contributed by atoms with Crippen molar-refractivity contribution < 1.29 is 26.8 Å². The summed E-state index contributed by atoms with van der Waals surface area (Å²) in [5, 5.41) is 9.52. The fourth-order valence-electron chi connectivity index (χ4n) is 2.45. The number of benzene rings is 2. The van der Waals surface area contributed by atoms with E-state index < -0.39 is 26.8 Å². The summed E-state index contributed by atoms with van der Waals surface area (Å²) in [5.41, 5.74) is 0.777. The second-order valence-electron chi connectivity index (χ2n) is 6.71. The van der Waals surface area contributed by atoms with Crippen LogP contribution in [0, 0.1) is 5.82 Å². The number of nitrogens with zero attached hydrogens (tertiary/aromatic N) is 2. The molecule has 1 heterocycles. The minimum Gasteiger partial charge on any atom is -0.484 e. The summed E-state index contributed by atoms with van der Waals surface area (Å²) in [6.45, 7) is 2.94. The van der Waals surface area contributed by atoms with Crippen molar-refractivity contribution in [3.63, 3.8) is 0 Å². The van der Waals surface area contributed by atoms with E-state index in [1.54, 1.807) is 26.0 Å². The molecule has 0 bridgehead atoms. The lowest BCUT2D eigenvalue weighted by Crippen LogP contribution is -2.20. The lowest BCUT2D eigenvalue weighted by atomic mass is 10.1. The van der Waals surface area contributed by atoms with E-state index in [4.69, 9.17) is 9.15 Å². The molecule has 0 radical (unpaired) electrons. The summed E-state index contributed by atoms with van der Waals surface area (Å²) < 4.78 is 47.8. The van der Waals surface area contributed by atoms with Crippen molar-refractivity contribution >= 4 is 21.8 Å². The van der Waals surface area contributed by atoms with Crippen molar-refractivity contribution in [1.29, 1.82) is 0 Å². The Labute approximate surface area is 173 Å². The van der Waals surface area contributed by atoms with Gasteiger partial charge in [0.05, 0.1) is 16.6 Å². The average Bonchev–Trinajstić information content (AvgIpc) is 3.14. The van der Waals surface area contributed by atoms with Gasteiger partial charge in [-0.2, -0.15) is 0 Å². The highest BCUT2D eigenvalue weighted by Gasteiger charge is 2.19. The summed E-state index contributed by atoms with van der Waals surface area (Å²) in [7, 11) is -3.33. The average molecular weight is 433 g/mol. The first-order chi connectivity index (χ1) is 14.2. The number of anilines is 1. The second-order valence-corrected chi connectivity index (χ2v) is 9.21. The summed E-state index contributed by atoms with van der Waals surface area (Å²) in [4.78, 5) is 12.2. The molecule has 2 aromatic carbocycles. The number of ether oxygens (including phenoxy) is 1. The Morgan fingerprint density at radius 3 is 2.40 bits per heavy atom. The highest BCUT2D eigenvalue weighted by Crippen LogP contribution is 2.18. The van der Waals surface area contributed by atoms with E-state index in [0.717, 1.165) is 5.56 Å². The van der Waals surface area contributed by atoms with Gasteiger partial charge < -0.3 is 9.15 Å². The SMILES string of the molecule is CC(C)S(=O)(=O)c1ccc(Cc2nnc(NC(=O)COc3ccc(F)cc3)o2)cc1. The van der Waals surface area contributed by atoms with Crippen LogP contribution in [0.1, 0.15) is 25.3 Å². The topological polar surface area (TPSA) is 111 Å². The molecule has 0 saturated heterocycles. The first-order valence-electron chi connectivity index (χ1n) is 9.07. The third-order valence-electron chi connectivity index (χ3n) is 4.12. The van der Waals surface area contributed by atoms with Crippen LogP contribution in [0.2, 0.25) is 0 Å². The summed E-state index contributed by atoms with van der Waals surface area (Å²) in [6.07, 6.45) is 0.275. The first kappa shape index (κ1) is 21.4. The highest BCUT2D eigenvalue weighted by atomic mass is 32.2. The van der Waals surface area contributed by atoms with Crippen molar-refractivity contribution in [3.8, 4) is 5.75 Å². The molecular weight excluding hydrogens is 413 g/mol. The van der Waals surface area contributed by atoms with Crippen molar-refractivity contribution in [2.24, 2.45) is 0 Å². The molecule has 1 aromatic heterocycles. The number of nitrogens with one attached hydrogen (secondary N) is 1. The Morgan fingerprint density at radius 1 is 1.10 bits per heavy atom. The molecule has 0 atom stereocenters. The van der Waals surface area contributed by atoms with Gasteiger partial charge in [0.15, 0.2) is 16.4 Å². The number of carbonyl (C=O) groups excluding carboxylic acids is 1. The molecule has 158 valence electrons. The zero-order valence-electron chi connectivity index (χ0n) is 16.3. The molecule has 1 N–H and O–H groups in total. The summed E-state index contributed by atoms with van der Waals surface area (Å²) in [6, 6.07) is 11.6. The molecule has 30 heavy (non-hydrogen) atoms. The van der Waals surface area contributed by atoms with Crippen molar-refractivity contribution in [1.82, 2.24) is 10.2 Å². The number of carbonyl (C=O) groups is 1. The Kier molecular flexibility index (Phi) is 6.46. The fourth-order valence-corrected chi connectivity index (χ4v) is 3.51. The maximum Gasteiger partial charge on any atom is 0.322 e. The van der Waals surface area contributed by atoms with Crippen LogP contribution in [-0.2, 0) is 21.1 Å². The molecule has 0 unspecified atom stereocenters. The maximum atomic E-state index is 12.8. The molecule has 3 rings (SSSR count). The molecule has 8 nitrogen and oxygen atoms in total. The van der Waals surface area contributed by atoms with Gasteiger partial charge in [0, 0.05) is 0 Å². The fraction of sp³-hybridized carbons (Fsp3) is 0.250. The summed E-state index contributed by atoms with van der Waals surface area (Å²) in [5.74, 6) is -0.316. The predicted molar refractivity (Wildman–Crippen MR) is 106 cm³/mol. The maximum absolute atomic E-state index is 12.8. The molecule has 0 spiro atoms. The minimum absolute atomic E-state index is 0.0864. The third-order valence-corrected chi connectivity index (χ3v) is 6.30. The molecular formula is C20H20FN3O5S. The number of hydrogen-bond acceptors (Lipinski definition) is 7. The van der Waals surface area contributed by atoms with Crippen molar-refractivity contribution in [3.05, 3.63) is 65.8 Å². The third kappa shape index (κ3) is 5.41. The van der Waals surface area contributed by atoms with E-state index in [-0.39, 0.29) is 29.8 Å². The number of rotatable bonds is 8. The zero-order valence-corrected chi connectivity index (χ0v) is 17.1. The number of aromatic nitrogens is 2. The van der Waals surface area contributed by atoms with Crippen LogP contribution in [0.4, 0.5) is 10.4 Å². The van der Waals surface area contributed by atoms with Gasteiger partial charge in [-0.25, -0.2) is 12.8 Å². The molecule has 1 amide bonds. The largest absolute Gasteiger partial charge is 0.484 e. The predicted octanol–water partition coefficient (Wildman–Crippen LogP) is 3.00. The van der Waals surface area contributed by atoms with E-state index in [1.807, 2.05) is 0 Å². The minimum atomic E-state index is -3.33. The number of amides is 1. The molecule has 10 heteroatoms. The number of halogens is 1. The monoisotopic (exact) mass is 433 g/mol. The smallest absolute Gasteiger partial charge is 0.322 e. The van der Waals surface area contributed by atoms with Gasteiger partial charge in [-0.15, -0.1) is 5.10 Å². The highest BCUT2D eigenvalue weighted by molar-refractivity contribution is 7.92. The number of hydrogen-bond donors (Lipinski definition) is 1. The lowest BCUT2D eigenvalue weighted by Gasteiger charge is -2.08. The van der Waals surface area contributed by atoms with Gasteiger partial charge in [-0.05, 0) is 55.8 Å². The lowest BCUT2D eigenvalue weighted by molar-refractivity contribution is -0.118. The second kappa shape index (κ2) is 9.04. The van der Waals surface area contributed by atoms with Crippen LogP contribution in [-0.4, -0.2) is 36.4 Å². The van der Waals surface area contributed by atoms with Crippen LogP contribution >= 0.6 is 0 Å². The van der Waals surface area contributed by atoms with Gasteiger partial charge in [-0.3, -0.25) is 10.1 Å². The molecule has 0 fully saturated rings. The molecule has 0 saturated carbocycles. The number of sulfone groups is 1. The molecule has 3 aromatic rings. The van der Waals surface area contributed by atoms with Crippen molar-refractivity contribution in [2.75, 3.05) is 11.9 Å². The van der Waals surface area contributed by atoms with Gasteiger partial charge >= 0.3 is 6.01 Å². The first-order valence-corrected chi connectivity index (χ1v) is 10.6. The van der Waals surface area contributed by atoms with Crippen LogP contribution in [0.15, 0.2) is 57.8 Å².